The molecule has 2 aromatic carbocycles. The molecule has 1 unspecified atom stereocenters. The van der Waals surface area contributed by atoms with Crippen LogP contribution in [0.1, 0.15) is 61.8 Å². The molecule has 190 valence electrons. The van der Waals surface area contributed by atoms with E-state index in [1.54, 1.807) is 19.1 Å². The second kappa shape index (κ2) is 10.2. The topological polar surface area (TPSA) is 82.1 Å². The van der Waals surface area contributed by atoms with Gasteiger partial charge in [-0.1, -0.05) is 26.0 Å². The molecule has 0 aliphatic heterocycles. The summed E-state index contributed by atoms with van der Waals surface area (Å²) in [4.78, 5) is 22.4. The second-order valence-electron chi connectivity index (χ2n) is 9.68. The van der Waals surface area contributed by atoms with Crippen LogP contribution in [0, 0.1) is 11.6 Å². The molecule has 8 heteroatoms. The van der Waals surface area contributed by atoms with Crippen molar-refractivity contribution in [3.05, 3.63) is 58.2 Å². The molecule has 35 heavy (non-hydrogen) atoms. The van der Waals surface area contributed by atoms with Gasteiger partial charge < -0.3 is 19.3 Å². The van der Waals surface area contributed by atoms with Crippen LogP contribution in [0.5, 0.6) is 11.5 Å². The van der Waals surface area contributed by atoms with Crippen LogP contribution in [0.25, 0.3) is 0 Å². The molecule has 0 fully saturated rings. The summed E-state index contributed by atoms with van der Waals surface area (Å²) < 4.78 is 43.2. The van der Waals surface area contributed by atoms with Crippen molar-refractivity contribution in [3.8, 4) is 11.5 Å². The molecule has 0 saturated heterocycles. The minimum Gasteiger partial charge on any atom is -0.494 e. The van der Waals surface area contributed by atoms with Crippen molar-refractivity contribution in [2.75, 3.05) is 21.3 Å². The first-order valence-electron chi connectivity index (χ1n) is 11.5. The normalized spacial score (nSPS) is 21.9. The van der Waals surface area contributed by atoms with E-state index >= 15 is 0 Å². The van der Waals surface area contributed by atoms with Gasteiger partial charge in [-0.3, -0.25) is 9.59 Å². The maximum Gasteiger partial charge on any atom is 0.306 e. The van der Waals surface area contributed by atoms with Crippen LogP contribution in [-0.2, 0) is 38.0 Å². The van der Waals surface area contributed by atoms with Crippen LogP contribution in [0.2, 0.25) is 0 Å². The lowest BCUT2D eigenvalue weighted by Gasteiger charge is -2.24. The fourth-order valence-electron chi connectivity index (χ4n) is 5.38. The number of hydrogen-bond acceptors (Lipinski definition) is 5. The zero-order chi connectivity index (χ0) is 26.0. The Kier molecular flexibility index (Phi) is 7.72. The highest BCUT2D eigenvalue weighted by atomic mass is 19.1. The van der Waals surface area contributed by atoms with Crippen LogP contribution < -0.4 is 9.47 Å². The summed E-state index contributed by atoms with van der Waals surface area (Å²) in [6.45, 7) is 3.70. The maximum absolute atomic E-state index is 14.3. The first-order chi connectivity index (χ1) is 16.5. The average molecular weight is 491 g/mol. The molecule has 2 aromatic rings. The van der Waals surface area contributed by atoms with Gasteiger partial charge in [0.25, 0.3) is 0 Å². The Hall–Kier alpha value is -3.16. The zero-order valence-electron chi connectivity index (χ0n) is 20.8. The number of fused-ring (bicyclic) bond motifs is 2. The minimum absolute atomic E-state index is 0.0515. The molecule has 0 heterocycles. The first kappa shape index (κ1) is 26.4. The molecule has 0 bridgehead atoms. The van der Waals surface area contributed by atoms with E-state index in [-0.39, 0.29) is 36.1 Å². The highest BCUT2D eigenvalue weighted by Gasteiger charge is 2.41. The van der Waals surface area contributed by atoms with E-state index < -0.39 is 22.6 Å². The summed E-state index contributed by atoms with van der Waals surface area (Å²) in [5.41, 5.74) is 1.85. The van der Waals surface area contributed by atoms with Crippen LogP contribution in [-0.4, -0.2) is 38.4 Å². The number of ether oxygens (including phenoxy) is 3. The van der Waals surface area contributed by atoms with Crippen LogP contribution in [0.15, 0.2) is 24.3 Å². The number of rotatable bonds is 6. The summed E-state index contributed by atoms with van der Waals surface area (Å²) in [7, 11) is 4.20. The molecule has 1 N–H and O–H groups in total. The maximum atomic E-state index is 14.3. The summed E-state index contributed by atoms with van der Waals surface area (Å²) in [5, 5.41) is 8.93. The predicted molar refractivity (Wildman–Crippen MR) is 126 cm³/mol. The third-order valence-electron chi connectivity index (χ3n) is 7.23. The van der Waals surface area contributed by atoms with Crippen molar-refractivity contribution in [2.45, 2.75) is 63.2 Å². The molecule has 4 rings (SSSR count). The lowest BCUT2D eigenvalue weighted by atomic mass is 9.80. The van der Waals surface area contributed by atoms with Gasteiger partial charge in [0.05, 0.1) is 34.2 Å². The van der Waals surface area contributed by atoms with Crippen LogP contribution in [0.4, 0.5) is 8.78 Å². The molecule has 2 aliphatic rings. The molecule has 0 aromatic heterocycles. The monoisotopic (exact) mass is 490 g/mol. The molecule has 0 saturated carbocycles. The van der Waals surface area contributed by atoms with Crippen molar-refractivity contribution in [2.24, 2.45) is 0 Å². The quantitative estimate of drug-likeness (QED) is 0.567. The molecule has 6 nitrogen and oxygen atoms in total. The summed E-state index contributed by atoms with van der Waals surface area (Å²) in [6.07, 6.45) is 3.06. The van der Waals surface area contributed by atoms with Gasteiger partial charge in [-0.05, 0) is 48.9 Å². The van der Waals surface area contributed by atoms with E-state index in [2.05, 4.69) is 0 Å². The highest BCUT2D eigenvalue weighted by Crippen LogP contribution is 2.46. The number of hydrogen-bond donors (Lipinski definition) is 1. The molecule has 0 radical (unpaired) electrons. The Morgan fingerprint density at radius 2 is 1.26 bits per heavy atom. The van der Waals surface area contributed by atoms with Gasteiger partial charge in [0.15, 0.2) is 23.1 Å². The molecule has 0 spiro atoms. The minimum atomic E-state index is -0.900. The Morgan fingerprint density at radius 1 is 0.829 bits per heavy atom. The lowest BCUT2D eigenvalue weighted by Crippen LogP contribution is -2.25. The number of aliphatic carboxylic acids is 1. The number of benzene rings is 2. The number of carbonyl (C=O) groups is 2. The van der Waals surface area contributed by atoms with Crippen molar-refractivity contribution >= 4 is 11.9 Å². The van der Waals surface area contributed by atoms with Crippen molar-refractivity contribution in [1.29, 1.82) is 0 Å². The smallest absolute Gasteiger partial charge is 0.306 e. The van der Waals surface area contributed by atoms with Gasteiger partial charge in [0.2, 0.25) is 0 Å². The largest absolute Gasteiger partial charge is 0.494 e. The number of carboxylic acids is 1. The summed E-state index contributed by atoms with van der Waals surface area (Å²) in [5.74, 6) is -1.56. The number of aryl methyl sites for hydroxylation is 2. The summed E-state index contributed by atoms with van der Waals surface area (Å²) >= 11 is 0. The Bertz CT molecular complexity index is 1130. The lowest BCUT2D eigenvalue weighted by molar-refractivity contribution is -0.142. The van der Waals surface area contributed by atoms with Crippen molar-refractivity contribution in [3.63, 3.8) is 0 Å². The van der Waals surface area contributed by atoms with E-state index in [1.165, 1.54) is 21.3 Å². The van der Waals surface area contributed by atoms with Crippen molar-refractivity contribution < 1.29 is 37.7 Å². The number of carboxylic acid groups (broad SMARTS) is 1. The van der Waals surface area contributed by atoms with Crippen molar-refractivity contribution in [1.82, 2.24) is 0 Å². The molecule has 0 amide bonds. The second-order valence-corrected chi connectivity index (χ2v) is 9.68. The van der Waals surface area contributed by atoms with Crippen LogP contribution >= 0.6 is 0 Å². The van der Waals surface area contributed by atoms with E-state index in [1.807, 2.05) is 19.1 Å². The van der Waals surface area contributed by atoms with E-state index in [9.17, 15) is 18.4 Å². The SMILES string of the molecule is COC(=O)C[C@@]1(C)CCc2ccc(OC)c(F)c21.COc1ccc2c(c1F)C(C)(CC(=O)O)CC2. The number of methoxy groups -OCH3 is 3. The fraction of sp³-hybridized carbons (Fsp3) is 0.481. The average Bonchev–Trinajstić information content (AvgIpc) is 3.32. The zero-order valence-corrected chi connectivity index (χ0v) is 20.8. The number of carbonyl (C=O) groups excluding carboxylic acids is 1. The van der Waals surface area contributed by atoms with Gasteiger partial charge in [-0.15, -0.1) is 0 Å². The Labute approximate surface area is 204 Å². The Morgan fingerprint density at radius 3 is 1.63 bits per heavy atom. The standard InChI is InChI=1S/C14H17FO3.C13H15FO3/c1-14(8-11(16)18-3)7-6-9-4-5-10(17-2)13(15)12(9)14;1-13(7-10(15)16)6-5-8-3-4-9(17-2)12(14)11(8)13/h4-5H,6-8H2,1-3H3;3-4H,5-7H2,1-2H3,(H,15,16)/t14-;/m1./s1. The van der Waals surface area contributed by atoms with E-state index in [0.717, 1.165) is 30.4 Å². The van der Waals surface area contributed by atoms with Gasteiger partial charge in [0.1, 0.15) is 0 Å². The summed E-state index contributed by atoms with van der Waals surface area (Å²) in [6, 6.07) is 6.93. The van der Waals surface area contributed by atoms with Gasteiger partial charge in [-0.2, -0.15) is 0 Å². The molecular formula is C27H32F2O6. The van der Waals surface area contributed by atoms with Gasteiger partial charge in [0, 0.05) is 22.0 Å². The molecule has 2 atom stereocenters. The third kappa shape index (κ3) is 5.11. The van der Waals surface area contributed by atoms with E-state index in [4.69, 9.17) is 19.3 Å². The van der Waals surface area contributed by atoms with Crippen LogP contribution in [0.3, 0.4) is 0 Å². The third-order valence-corrected chi connectivity index (χ3v) is 7.23. The van der Waals surface area contributed by atoms with Gasteiger partial charge >= 0.3 is 11.9 Å². The predicted octanol–water partition coefficient (Wildman–Crippen LogP) is 5.11. The highest BCUT2D eigenvalue weighted by molar-refractivity contribution is 5.72. The number of esters is 1. The first-order valence-corrected chi connectivity index (χ1v) is 11.5. The number of halogens is 2. The fourth-order valence-corrected chi connectivity index (χ4v) is 5.38. The molecular weight excluding hydrogens is 458 g/mol. The molecule has 2 aliphatic carbocycles. The Balaban J connectivity index is 0.000000196. The van der Waals surface area contributed by atoms with Gasteiger partial charge in [-0.25, -0.2) is 8.78 Å². The van der Waals surface area contributed by atoms with E-state index in [0.29, 0.717) is 17.5 Å².